The monoisotopic (exact) mass is 251 g/mol. The summed E-state index contributed by atoms with van der Waals surface area (Å²) in [4.78, 5) is 19.5. The van der Waals surface area contributed by atoms with Gasteiger partial charge in [0, 0.05) is 23.5 Å². The highest BCUT2D eigenvalue weighted by Gasteiger charge is 2.12. The molecule has 0 radical (unpaired) electrons. The van der Waals surface area contributed by atoms with Crippen molar-refractivity contribution >= 4 is 22.6 Å². The minimum absolute atomic E-state index is 0.131. The number of benzene rings is 1. The third-order valence-corrected chi connectivity index (χ3v) is 3.09. The van der Waals surface area contributed by atoms with Crippen molar-refractivity contribution < 1.29 is 4.79 Å². The van der Waals surface area contributed by atoms with Gasteiger partial charge < -0.3 is 10.3 Å². The van der Waals surface area contributed by atoms with Gasteiger partial charge in [-0.05, 0) is 30.7 Å². The minimum atomic E-state index is -0.131. The number of hydrogen-bond acceptors (Lipinski definition) is 2. The van der Waals surface area contributed by atoms with Crippen LogP contribution in [0.1, 0.15) is 15.9 Å². The lowest BCUT2D eigenvalue weighted by molar-refractivity contribution is 0.102. The van der Waals surface area contributed by atoms with Gasteiger partial charge in [-0.3, -0.25) is 4.79 Å². The zero-order valence-corrected chi connectivity index (χ0v) is 10.5. The normalized spacial score (nSPS) is 10.6. The van der Waals surface area contributed by atoms with Crippen LogP contribution in [-0.4, -0.2) is 15.9 Å². The fraction of sp³-hybridized carbons (Fsp3) is 0.0667. The lowest BCUT2D eigenvalue weighted by Crippen LogP contribution is -2.12. The number of H-pyrrole nitrogens is 1. The fourth-order valence-corrected chi connectivity index (χ4v) is 2.05. The molecule has 0 bridgehead atoms. The van der Waals surface area contributed by atoms with Crippen LogP contribution >= 0.6 is 0 Å². The van der Waals surface area contributed by atoms with E-state index >= 15 is 0 Å². The van der Waals surface area contributed by atoms with Crippen LogP contribution in [0, 0.1) is 6.92 Å². The van der Waals surface area contributed by atoms with Gasteiger partial charge in [0.05, 0.1) is 5.56 Å². The summed E-state index contributed by atoms with van der Waals surface area (Å²) in [5.74, 6) is -0.131. The largest absolute Gasteiger partial charge is 0.345 e. The molecule has 4 heteroatoms. The molecule has 1 amide bonds. The standard InChI is InChI=1S/C15H13N3O/c1-10-5-2-3-7-13(10)18-15(19)12-9-17-14-11(12)6-4-8-16-14/h2-9H,1H3,(H,16,17)(H,18,19). The van der Waals surface area contributed by atoms with Crippen molar-refractivity contribution in [1.82, 2.24) is 9.97 Å². The molecule has 0 aliphatic heterocycles. The molecule has 94 valence electrons. The average Bonchev–Trinajstić information content (AvgIpc) is 2.85. The van der Waals surface area contributed by atoms with Crippen molar-refractivity contribution in [1.29, 1.82) is 0 Å². The van der Waals surface area contributed by atoms with Gasteiger partial charge in [-0.25, -0.2) is 4.98 Å². The zero-order valence-electron chi connectivity index (χ0n) is 10.5. The number of para-hydroxylation sites is 1. The molecule has 1 aromatic carbocycles. The second-order valence-corrected chi connectivity index (χ2v) is 4.37. The lowest BCUT2D eigenvalue weighted by Gasteiger charge is -2.07. The molecular formula is C15H13N3O. The van der Waals surface area contributed by atoms with E-state index in [1.165, 1.54) is 0 Å². The molecule has 19 heavy (non-hydrogen) atoms. The highest BCUT2D eigenvalue weighted by atomic mass is 16.1. The number of nitrogens with one attached hydrogen (secondary N) is 2. The van der Waals surface area contributed by atoms with E-state index in [0.717, 1.165) is 22.3 Å². The second kappa shape index (κ2) is 4.57. The van der Waals surface area contributed by atoms with Crippen molar-refractivity contribution in [2.75, 3.05) is 5.32 Å². The molecule has 2 aromatic heterocycles. The van der Waals surface area contributed by atoms with Crippen LogP contribution in [0.15, 0.2) is 48.8 Å². The molecule has 0 saturated heterocycles. The van der Waals surface area contributed by atoms with Crippen LogP contribution in [0.5, 0.6) is 0 Å². The van der Waals surface area contributed by atoms with E-state index in [4.69, 9.17) is 0 Å². The maximum atomic E-state index is 12.3. The maximum absolute atomic E-state index is 12.3. The van der Waals surface area contributed by atoms with E-state index in [9.17, 15) is 4.79 Å². The molecule has 3 rings (SSSR count). The maximum Gasteiger partial charge on any atom is 0.257 e. The van der Waals surface area contributed by atoms with Crippen LogP contribution in [-0.2, 0) is 0 Å². The lowest BCUT2D eigenvalue weighted by atomic mass is 10.1. The van der Waals surface area contributed by atoms with Crippen molar-refractivity contribution in [2.45, 2.75) is 6.92 Å². The van der Waals surface area contributed by atoms with E-state index in [2.05, 4.69) is 15.3 Å². The van der Waals surface area contributed by atoms with Gasteiger partial charge >= 0.3 is 0 Å². The molecule has 3 aromatic rings. The van der Waals surface area contributed by atoms with Crippen molar-refractivity contribution in [3.05, 3.63) is 59.9 Å². The molecule has 0 aliphatic rings. The van der Waals surface area contributed by atoms with Crippen molar-refractivity contribution in [3.8, 4) is 0 Å². The molecular weight excluding hydrogens is 238 g/mol. The van der Waals surface area contributed by atoms with Gasteiger partial charge in [0.25, 0.3) is 5.91 Å². The first-order chi connectivity index (χ1) is 9.25. The Balaban J connectivity index is 1.95. The Kier molecular flexibility index (Phi) is 2.76. The van der Waals surface area contributed by atoms with Crippen molar-refractivity contribution in [3.63, 3.8) is 0 Å². The number of pyridine rings is 1. The molecule has 2 N–H and O–H groups in total. The summed E-state index contributed by atoms with van der Waals surface area (Å²) in [6, 6.07) is 11.4. The molecule has 4 nitrogen and oxygen atoms in total. The Labute approximate surface area is 110 Å². The zero-order chi connectivity index (χ0) is 13.2. The van der Waals surface area contributed by atoms with Gasteiger partial charge in [0.2, 0.25) is 0 Å². The molecule has 0 unspecified atom stereocenters. The van der Waals surface area contributed by atoms with Crippen molar-refractivity contribution in [2.24, 2.45) is 0 Å². The Hall–Kier alpha value is -2.62. The minimum Gasteiger partial charge on any atom is -0.345 e. The van der Waals surface area contributed by atoms with Crippen LogP contribution in [0.2, 0.25) is 0 Å². The Morgan fingerprint density at radius 1 is 1.21 bits per heavy atom. The van der Waals surface area contributed by atoms with E-state index in [-0.39, 0.29) is 5.91 Å². The summed E-state index contributed by atoms with van der Waals surface area (Å²) in [7, 11) is 0. The topological polar surface area (TPSA) is 57.8 Å². The van der Waals surface area contributed by atoms with Gasteiger partial charge in [0.15, 0.2) is 0 Å². The van der Waals surface area contributed by atoms with Crippen LogP contribution in [0.25, 0.3) is 11.0 Å². The SMILES string of the molecule is Cc1ccccc1NC(=O)c1c[nH]c2ncccc12. The smallest absolute Gasteiger partial charge is 0.257 e. The van der Waals surface area contributed by atoms with Gasteiger partial charge in [-0.2, -0.15) is 0 Å². The van der Waals surface area contributed by atoms with E-state index in [1.807, 2.05) is 43.3 Å². The number of aryl methyl sites for hydroxylation is 1. The first-order valence-corrected chi connectivity index (χ1v) is 6.05. The highest BCUT2D eigenvalue weighted by Crippen LogP contribution is 2.19. The predicted molar refractivity (Wildman–Crippen MR) is 75.2 cm³/mol. The number of fused-ring (bicyclic) bond motifs is 1. The number of amides is 1. The third-order valence-electron chi connectivity index (χ3n) is 3.09. The number of carbonyl (C=O) groups excluding carboxylic acids is 1. The number of hydrogen-bond donors (Lipinski definition) is 2. The van der Waals surface area contributed by atoms with Crippen LogP contribution in [0.3, 0.4) is 0 Å². The Morgan fingerprint density at radius 3 is 2.89 bits per heavy atom. The molecule has 0 atom stereocenters. The number of nitrogens with zero attached hydrogens (tertiary/aromatic N) is 1. The summed E-state index contributed by atoms with van der Waals surface area (Å²) in [6.07, 6.45) is 3.38. The average molecular weight is 251 g/mol. The molecule has 0 aliphatic carbocycles. The molecule has 2 heterocycles. The second-order valence-electron chi connectivity index (χ2n) is 4.37. The highest BCUT2D eigenvalue weighted by molar-refractivity contribution is 6.12. The third kappa shape index (κ3) is 2.08. The summed E-state index contributed by atoms with van der Waals surface area (Å²) < 4.78 is 0. The number of aromatic amines is 1. The van der Waals surface area contributed by atoms with Gasteiger partial charge in [-0.1, -0.05) is 18.2 Å². The van der Waals surface area contributed by atoms with Crippen LogP contribution < -0.4 is 5.32 Å². The summed E-state index contributed by atoms with van der Waals surface area (Å²) in [6.45, 7) is 1.96. The van der Waals surface area contributed by atoms with Crippen LogP contribution in [0.4, 0.5) is 5.69 Å². The number of carbonyl (C=O) groups is 1. The quantitative estimate of drug-likeness (QED) is 0.735. The summed E-state index contributed by atoms with van der Waals surface area (Å²) >= 11 is 0. The molecule has 0 saturated carbocycles. The summed E-state index contributed by atoms with van der Waals surface area (Å²) in [5.41, 5.74) is 3.18. The predicted octanol–water partition coefficient (Wildman–Crippen LogP) is 3.12. The Morgan fingerprint density at radius 2 is 2.05 bits per heavy atom. The number of anilines is 1. The van der Waals surface area contributed by atoms with E-state index in [0.29, 0.717) is 5.56 Å². The molecule has 0 fully saturated rings. The summed E-state index contributed by atoms with van der Waals surface area (Å²) in [5, 5.41) is 3.75. The first-order valence-electron chi connectivity index (χ1n) is 6.05. The molecule has 0 spiro atoms. The first kappa shape index (κ1) is 11.5. The number of rotatable bonds is 2. The van der Waals surface area contributed by atoms with E-state index < -0.39 is 0 Å². The van der Waals surface area contributed by atoms with Gasteiger partial charge in [-0.15, -0.1) is 0 Å². The Bertz CT molecular complexity index is 746. The van der Waals surface area contributed by atoms with E-state index in [1.54, 1.807) is 12.4 Å². The van der Waals surface area contributed by atoms with Gasteiger partial charge in [0.1, 0.15) is 5.65 Å². The number of aromatic nitrogens is 2. The fourth-order valence-electron chi connectivity index (χ4n) is 2.05.